The van der Waals surface area contributed by atoms with Gasteiger partial charge in [-0.25, -0.2) is 0 Å². The molecule has 0 aliphatic carbocycles. The minimum atomic E-state index is 0.886. The molecule has 16 heavy (non-hydrogen) atoms. The zero-order valence-electron chi connectivity index (χ0n) is 9.20. The molecule has 78 valence electrons. The Bertz CT molecular complexity index is 683. The number of rotatable bonds is 0. The van der Waals surface area contributed by atoms with Crippen LogP contribution in [0.4, 0.5) is 5.69 Å². The smallest absolute Gasteiger partial charge is 0.0473 e. The first-order valence-electron chi connectivity index (χ1n) is 5.44. The monoisotopic (exact) mass is 207 g/mol. The summed E-state index contributed by atoms with van der Waals surface area (Å²) in [5.41, 5.74) is 8.38. The van der Waals surface area contributed by atoms with Crippen molar-refractivity contribution in [3.8, 4) is 0 Å². The Morgan fingerprint density at radius 2 is 1.56 bits per heavy atom. The Hall–Kier alpha value is -2.02. The van der Waals surface area contributed by atoms with Crippen molar-refractivity contribution in [2.75, 3.05) is 5.73 Å². The molecule has 2 N–H and O–H groups in total. The normalized spacial score (nSPS) is 11.1. The van der Waals surface area contributed by atoms with E-state index in [4.69, 9.17) is 5.73 Å². The molecule has 0 aliphatic heterocycles. The van der Waals surface area contributed by atoms with E-state index in [2.05, 4.69) is 43.3 Å². The predicted molar refractivity (Wildman–Crippen MR) is 70.6 cm³/mol. The van der Waals surface area contributed by atoms with Gasteiger partial charge in [0.2, 0.25) is 0 Å². The Morgan fingerprint density at radius 1 is 0.812 bits per heavy atom. The molecule has 0 spiro atoms. The van der Waals surface area contributed by atoms with Crippen LogP contribution in [-0.2, 0) is 0 Å². The third-order valence-corrected chi connectivity index (χ3v) is 3.17. The van der Waals surface area contributed by atoms with Crippen molar-refractivity contribution in [1.82, 2.24) is 0 Å². The number of benzene rings is 3. The summed E-state index contributed by atoms with van der Waals surface area (Å²) in [6.07, 6.45) is 0. The van der Waals surface area contributed by atoms with Gasteiger partial charge in [-0.05, 0) is 29.3 Å². The summed E-state index contributed by atoms with van der Waals surface area (Å²) in [5, 5.41) is 4.75. The summed E-state index contributed by atoms with van der Waals surface area (Å²) in [4.78, 5) is 0. The van der Waals surface area contributed by atoms with Crippen LogP contribution in [0.1, 0.15) is 5.56 Å². The van der Waals surface area contributed by atoms with Crippen molar-refractivity contribution in [2.45, 2.75) is 6.92 Å². The molecule has 0 bridgehead atoms. The minimum absolute atomic E-state index is 0.886. The summed E-state index contributed by atoms with van der Waals surface area (Å²) >= 11 is 0. The maximum Gasteiger partial charge on any atom is 0.0473 e. The highest BCUT2D eigenvalue weighted by Gasteiger charge is 2.04. The van der Waals surface area contributed by atoms with Crippen molar-refractivity contribution in [3.05, 3.63) is 54.1 Å². The second-order valence-electron chi connectivity index (χ2n) is 4.18. The van der Waals surface area contributed by atoms with Gasteiger partial charge >= 0.3 is 0 Å². The van der Waals surface area contributed by atoms with Crippen LogP contribution in [0.15, 0.2) is 48.5 Å². The molecule has 0 fully saturated rings. The maximum absolute atomic E-state index is 6.22. The standard InChI is InChI=1S/C15H13N/c1-10-5-4-8-13-14(10)9-11-6-2-3-7-12(11)15(13)16/h2-9H,16H2,1H3. The highest BCUT2D eigenvalue weighted by atomic mass is 14.6. The Morgan fingerprint density at radius 3 is 2.44 bits per heavy atom. The second-order valence-corrected chi connectivity index (χ2v) is 4.18. The van der Waals surface area contributed by atoms with E-state index < -0.39 is 0 Å². The average Bonchev–Trinajstić information content (AvgIpc) is 2.31. The fraction of sp³-hybridized carbons (Fsp3) is 0.0667. The van der Waals surface area contributed by atoms with Gasteiger partial charge in [-0.15, -0.1) is 0 Å². The third-order valence-electron chi connectivity index (χ3n) is 3.17. The van der Waals surface area contributed by atoms with Gasteiger partial charge in [-0.3, -0.25) is 0 Å². The van der Waals surface area contributed by atoms with Gasteiger partial charge in [0.05, 0.1) is 0 Å². The molecule has 0 atom stereocenters. The number of aryl methyl sites for hydroxylation is 1. The minimum Gasteiger partial charge on any atom is -0.398 e. The SMILES string of the molecule is Cc1cccc2c(N)c3ccccc3cc12. The van der Waals surface area contributed by atoms with Gasteiger partial charge < -0.3 is 5.73 Å². The molecule has 1 heteroatoms. The Balaban J connectivity index is 2.61. The quantitative estimate of drug-likeness (QED) is 0.439. The zero-order chi connectivity index (χ0) is 11.1. The molecule has 0 heterocycles. The molecule has 0 radical (unpaired) electrons. The number of hydrogen-bond donors (Lipinski definition) is 1. The first-order chi connectivity index (χ1) is 7.77. The highest BCUT2D eigenvalue weighted by Crippen LogP contribution is 2.31. The lowest BCUT2D eigenvalue weighted by atomic mass is 9.98. The number of hydrogen-bond acceptors (Lipinski definition) is 1. The first-order valence-corrected chi connectivity index (χ1v) is 5.44. The van der Waals surface area contributed by atoms with Gasteiger partial charge in [-0.2, -0.15) is 0 Å². The predicted octanol–water partition coefficient (Wildman–Crippen LogP) is 3.88. The summed E-state index contributed by atoms with van der Waals surface area (Å²) < 4.78 is 0. The lowest BCUT2D eigenvalue weighted by Crippen LogP contribution is -1.90. The molecule has 0 aromatic heterocycles. The fourth-order valence-electron chi connectivity index (χ4n) is 2.28. The van der Waals surface area contributed by atoms with E-state index in [9.17, 15) is 0 Å². The average molecular weight is 207 g/mol. The summed E-state index contributed by atoms with van der Waals surface area (Å²) in [5.74, 6) is 0. The molecular formula is C15H13N. The molecule has 1 nitrogen and oxygen atoms in total. The van der Waals surface area contributed by atoms with E-state index in [1.165, 1.54) is 16.3 Å². The van der Waals surface area contributed by atoms with Crippen LogP contribution < -0.4 is 5.73 Å². The molecule has 0 amide bonds. The van der Waals surface area contributed by atoms with Gasteiger partial charge in [0.15, 0.2) is 0 Å². The molecule has 3 aromatic carbocycles. The Kier molecular flexibility index (Phi) is 1.87. The van der Waals surface area contributed by atoms with E-state index in [1.54, 1.807) is 0 Å². The Labute approximate surface area is 94.5 Å². The van der Waals surface area contributed by atoms with Gasteiger partial charge in [0.1, 0.15) is 0 Å². The summed E-state index contributed by atoms with van der Waals surface area (Å²) in [6, 6.07) is 16.7. The second kappa shape index (κ2) is 3.24. The van der Waals surface area contributed by atoms with Gasteiger partial charge in [0, 0.05) is 16.5 Å². The highest BCUT2D eigenvalue weighted by molar-refractivity contribution is 6.10. The fourth-order valence-corrected chi connectivity index (χ4v) is 2.28. The molecule has 0 unspecified atom stereocenters. The van der Waals surface area contributed by atoms with Crippen molar-refractivity contribution >= 4 is 27.2 Å². The molecule has 0 saturated heterocycles. The number of nitrogen functional groups attached to an aromatic ring is 1. The third kappa shape index (κ3) is 1.18. The van der Waals surface area contributed by atoms with E-state index in [-0.39, 0.29) is 0 Å². The van der Waals surface area contributed by atoms with Crippen LogP contribution in [0.5, 0.6) is 0 Å². The van der Waals surface area contributed by atoms with Crippen molar-refractivity contribution in [3.63, 3.8) is 0 Å². The number of nitrogens with two attached hydrogens (primary N) is 1. The lowest BCUT2D eigenvalue weighted by molar-refractivity contribution is 1.54. The van der Waals surface area contributed by atoms with Gasteiger partial charge in [0.25, 0.3) is 0 Å². The summed E-state index contributed by atoms with van der Waals surface area (Å²) in [7, 11) is 0. The van der Waals surface area contributed by atoms with E-state index in [0.29, 0.717) is 0 Å². The van der Waals surface area contributed by atoms with Crippen LogP contribution in [0, 0.1) is 6.92 Å². The van der Waals surface area contributed by atoms with Crippen molar-refractivity contribution in [1.29, 1.82) is 0 Å². The zero-order valence-corrected chi connectivity index (χ0v) is 9.20. The van der Waals surface area contributed by atoms with Gasteiger partial charge in [-0.1, -0.05) is 42.5 Å². The molecule has 3 rings (SSSR count). The maximum atomic E-state index is 6.22. The summed E-state index contributed by atoms with van der Waals surface area (Å²) in [6.45, 7) is 2.12. The van der Waals surface area contributed by atoms with Crippen molar-refractivity contribution in [2.24, 2.45) is 0 Å². The van der Waals surface area contributed by atoms with Crippen LogP contribution in [-0.4, -0.2) is 0 Å². The topological polar surface area (TPSA) is 26.0 Å². The number of anilines is 1. The molecular weight excluding hydrogens is 194 g/mol. The van der Waals surface area contributed by atoms with Crippen LogP contribution in [0.25, 0.3) is 21.5 Å². The molecule has 0 saturated carbocycles. The molecule has 3 aromatic rings. The lowest BCUT2D eigenvalue weighted by Gasteiger charge is -2.09. The van der Waals surface area contributed by atoms with E-state index >= 15 is 0 Å². The molecule has 0 aliphatic rings. The van der Waals surface area contributed by atoms with E-state index in [0.717, 1.165) is 16.5 Å². The first kappa shape index (κ1) is 9.22. The van der Waals surface area contributed by atoms with Crippen LogP contribution >= 0.6 is 0 Å². The van der Waals surface area contributed by atoms with E-state index in [1.807, 2.05) is 12.1 Å². The van der Waals surface area contributed by atoms with Crippen LogP contribution in [0.3, 0.4) is 0 Å². The largest absolute Gasteiger partial charge is 0.398 e. The number of fused-ring (bicyclic) bond motifs is 2. The van der Waals surface area contributed by atoms with Crippen molar-refractivity contribution < 1.29 is 0 Å². The van der Waals surface area contributed by atoms with Crippen LogP contribution in [0.2, 0.25) is 0 Å².